The van der Waals surface area contributed by atoms with E-state index in [0.717, 1.165) is 19.4 Å². The van der Waals surface area contributed by atoms with E-state index in [4.69, 9.17) is 4.74 Å². The molecule has 0 saturated heterocycles. The normalized spacial score (nSPS) is 16.5. The van der Waals surface area contributed by atoms with Crippen LogP contribution in [0.3, 0.4) is 0 Å². The van der Waals surface area contributed by atoms with Gasteiger partial charge in [0.15, 0.2) is 0 Å². The Kier molecular flexibility index (Phi) is 3.23. The Bertz CT molecular complexity index is 418. The molecule has 1 aromatic rings. The molecule has 1 aromatic heterocycles. The third kappa shape index (κ3) is 2.71. The minimum Gasteiger partial charge on any atom is -0.472 e. The molecule has 1 aliphatic carbocycles. The van der Waals surface area contributed by atoms with Crippen molar-refractivity contribution in [2.45, 2.75) is 12.8 Å². The molecule has 6 nitrogen and oxygen atoms in total. The number of pyridine rings is 1. The van der Waals surface area contributed by atoms with Gasteiger partial charge in [-0.25, -0.2) is 4.98 Å². The predicted molar refractivity (Wildman–Crippen MR) is 62.0 cm³/mol. The number of nitrogens with one attached hydrogen (secondary N) is 1. The molecule has 1 saturated carbocycles. The Morgan fingerprint density at radius 2 is 2.41 bits per heavy atom. The van der Waals surface area contributed by atoms with E-state index in [9.17, 15) is 10.1 Å². The number of hydrogen-bond acceptors (Lipinski definition) is 5. The molecule has 92 valence electrons. The quantitative estimate of drug-likeness (QED) is 0.597. The zero-order valence-corrected chi connectivity index (χ0v) is 9.68. The first-order valence-corrected chi connectivity index (χ1v) is 5.54. The van der Waals surface area contributed by atoms with Crippen LogP contribution in [0, 0.1) is 15.5 Å². The van der Waals surface area contributed by atoms with E-state index in [0.29, 0.717) is 6.61 Å². The third-order valence-electron chi connectivity index (χ3n) is 2.97. The highest BCUT2D eigenvalue weighted by Crippen LogP contribution is 2.45. The van der Waals surface area contributed by atoms with Crippen molar-refractivity contribution in [3.63, 3.8) is 0 Å². The van der Waals surface area contributed by atoms with Gasteiger partial charge in [0.05, 0.1) is 11.5 Å². The zero-order chi connectivity index (χ0) is 12.3. The lowest BCUT2D eigenvalue weighted by Gasteiger charge is -2.14. The van der Waals surface area contributed by atoms with Crippen LogP contribution in [0.1, 0.15) is 12.8 Å². The maximum absolute atomic E-state index is 10.8. The molecule has 0 bridgehead atoms. The fourth-order valence-corrected chi connectivity index (χ4v) is 1.78. The number of ether oxygens (including phenoxy) is 1. The summed E-state index contributed by atoms with van der Waals surface area (Å²) in [7, 11) is 1.89. The first-order valence-electron chi connectivity index (χ1n) is 5.54. The first-order chi connectivity index (χ1) is 8.17. The van der Waals surface area contributed by atoms with E-state index < -0.39 is 4.92 Å². The van der Waals surface area contributed by atoms with E-state index in [1.54, 1.807) is 0 Å². The molecule has 17 heavy (non-hydrogen) atoms. The summed E-state index contributed by atoms with van der Waals surface area (Å²) in [5.41, 5.74) is 0.0629. The molecule has 1 aliphatic rings. The molecule has 0 atom stereocenters. The molecule has 6 heteroatoms. The van der Waals surface area contributed by atoms with E-state index in [2.05, 4.69) is 10.3 Å². The lowest BCUT2D eigenvalue weighted by atomic mass is 10.1. The van der Waals surface area contributed by atoms with Crippen LogP contribution in [-0.4, -0.2) is 30.1 Å². The molecule has 0 spiro atoms. The smallest absolute Gasteiger partial charge is 0.330 e. The van der Waals surface area contributed by atoms with E-state index in [1.165, 1.54) is 18.3 Å². The molecule has 0 aliphatic heterocycles. The molecular weight excluding hydrogens is 222 g/mol. The van der Waals surface area contributed by atoms with Crippen LogP contribution in [0.15, 0.2) is 18.3 Å². The molecule has 2 rings (SSSR count). The molecule has 0 aromatic carbocycles. The Morgan fingerprint density at radius 1 is 1.65 bits per heavy atom. The summed E-state index contributed by atoms with van der Waals surface area (Å²) in [6, 6.07) is 2.94. The molecule has 1 fully saturated rings. The van der Waals surface area contributed by atoms with Crippen LogP contribution in [0.4, 0.5) is 5.69 Å². The van der Waals surface area contributed by atoms with Gasteiger partial charge in [-0.1, -0.05) is 0 Å². The molecular formula is C11H15N3O3. The average Bonchev–Trinajstić information content (AvgIpc) is 3.08. The standard InChI is InChI=1S/C11H15N3O3/c1-12-7-11(4-5-11)8-17-10-9(14(15)16)3-2-6-13-10/h2-3,6,12H,4-5,7-8H2,1H3. The van der Waals surface area contributed by atoms with Crippen molar-refractivity contribution >= 4 is 5.69 Å². The van der Waals surface area contributed by atoms with Crippen LogP contribution in [0.5, 0.6) is 5.88 Å². The number of aromatic nitrogens is 1. The molecule has 0 unspecified atom stereocenters. The zero-order valence-electron chi connectivity index (χ0n) is 9.68. The largest absolute Gasteiger partial charge is 0.472 e. The van der Waals surface area contributed by atoms with Gasteiger partial charge < -0.3 is 10.1 Å². The Morgan fingerprint density at radius 3 is 3.00 bits per heavy atom. The second-order valence-corrected chi connectivity index (χ2v) is 4.40. The maximum atomic E-state index is 10.8. The summed E-state index contributed by atoms with van der Waals surface area (Å²) in [6.45, 7) is 1.35. The van der Waals surface area contributed by atoms with Crippen LogP contribution in [0.2, 0.25) is 0 Å². The van der Waals surface area contributed by atoms with Crippen LogP contribution in [0.25, 0.3) is 0 Å². The van der Waals surface area contributed by atoms with Crippen molar-refractivity contribution < 1.29 is 9.66 Å². The molecule has 0 amide bonds. The van der Waals surface area contributed by atoms with Crippen LogP contribution < -0.4 is 10.1 Å². The summed E-state index contributed by atoms with van der Waals surface area (Å²) >= 11 is 0. The monoisotopic (exact) mass is 237 g/mol. The predicted octanol–water partition coefficient (Wildman–Crippen LogP) is 1.37. The van der Waals surface area contributed by atoms with Crippen molar-refractivity contribution in [2.24, 2.45) is 5.41 Å². The number of nitrogens with zero attached hydrogens (tertiary/aromatic N) is 2. The minimum atomic E-state index is -0.472. The second kappa shape index (κ2) is 4.67. The average molecular weight is 237 g/mol. The van der Waals surface area contributed by atoms with Gasteiger partial charge in [0.2, 0.25) is 0 Å². The number of hydrogen-bond donors (Lipinski definition) is 1. The van der Waals surface area contributed by atoms with E-state index in [1.807, 2.05) is 7.05 Å². The van der Waals surface area contributed by atoms with Gasteiger partial charge in [-0.3, -0.25) is 10.1 Å². The van der Waals surface area contributed by atoms with Gasteiger partial charge in [0.25, 0.3) is 5.88 Å². The Hall–Kier alpha value is -1.69. The van der Waals surface area contributed by atoms with Gasteiger partial charge in [-0.15, -0.1) is 0 Å². The fraction of sp³-hybridized carbons (Fsp3) is 0.545. The van der Waals surface area contributed by atoms with Gasteiger partial charge >= 0.3 is 5.69 Å². The molecule has 0 radical (unpaired) electrons. The minimum absolute atomic E-state index is 0.0762. The van der Waals surface area contributed by atoms with Crippen LogP contribution in [-0.2, 0) is 0 Å². The van der Waals surface area contributed by atoms with Gasteiger partial charge in [-0.05, 0) is 26.0 Å². The summed E-state index contributed by atoms with van der Waals surface area (Å²) in [5, 5.41) is 13.9. The molecule has 1 heterocycles. The highest BCUT2D eigenvalue weighted by Gasteiger charge is 2.43. The van der Waals surface area contributed by atoms with E-state index >= 15 is 0 Å². The molecule has 1 N–H and O–H groups in total. The first kappa shape index (κ1) is 11.8. The maximum Gasteiger partial charge on any atom is 0.330 e. The lowest BCUT2D eigenvalue weighted by Crippen LogP contribution is -2.26. The van der Waals surface area contributed by atoms with Crippen molar-refractivity contribution in [2.75, 3.05) is 20.2 Å². The Balaban J connectivity index is 2.02. The van der Waals surface area contributed by atoms with E-state index in [-0.39, 0.29) is 17.0 Å². The van der Waals surface area contributed by atoms with Gasteiger partial charge in [0, 0.05) is 24.2 Å². The van der Waals surface area contributed by atoms with Crippen molar-refractivity contribution in [3.8, 4) is 5.88 Å². The highest BCUT2D eigenvalue weighted by atomic mass is 16.6. The van der Waals surface area contributed by atoms with Crippen molar-refractivity contribution in [3.05, 3.63) is 28.4 Å². The third-order valence-corrected chi connectivity index (χ3v) is 2.97. The summed E-state index contributed by atoms with van der Waals surface area (Å²) < 4.78 is 5.49. The fourth-order valence-electron chi connectivity index (χ4n) is 1.78. The number of rotatable bonds is 6. The lowest BCUT2D eigenvalue weighted by molar-refractivity contribution is -0.386. The summed E-state index contributed by atoms with van der Waals surface area (Å²) in [5.74, 6) is 0.111. The van der Waals surface area contributed by atoms with Crippen molar-refractivity contribution in [1.82, 2.24) is 10.3 Å². The number of nitro groups is 1. The SMILES string of the molecule is CNCC1(COc2ncccc2[N+](=O)[O-])CC1. The van der Waals surface area contributed by atoms with Crippen LogP contribution >= 0.6 is 0 Å². The topological polar surface area (TPSA) is 77.3 Å². The van der Waals surface area contributed by atoms with Gasteiger partial charge in [-0.2, -0.15) is 0 Å². The summed E-state index contributed by atoms with van der Waals surface area (Å²) in [4.78, 5) is 14.2. The highest BCUT2D eigenvalue weighted by molar-refractivity contribution is 5.39. The van der Waals surface area contributed by atoms with Gasteiger partial charge in [0.1, 0.15) is 0 Å². The Labute approximate surface area is 99.2 Å². The summed E-state index contributed by atoms with van der Waals surface area (Å²) in [6.07, 6.45) is 3.68. The second-order valence-electron chi connectivity index (χ2n) is 4.40. The van der Waals surface area contributed by atoms with Crippen molar-refractivity contribution in [1.29, 1.82) is 0 Å².